The van der Waals surface area contributed by atoms with Crippen molar-refractivity contribution in [3.05, 3.63) is 45.8 Å². The summed E-state index contributed by atoms with van der Waals surface area (Å²) >= 11 is 3.22. The smallest absolute Gasteiger partial charge is 0.414 e. The zero-order valence-electron chi connectivity index (χ0n) is 20.6. The molecule has 0 bridgehead atoms. The summed E-state index contributed by atoms with van der Waals surface area (Å²) in [6.07, 6.45) is 4.83. The summed E-state index contributed by atoms with van der Waals surface area (Å²) in [6.45, 7) is 12.0. The van der Waals surface area contributed by atoms with E-state index < -0.39 is 11.9 Å². The van der Waals surface area contributed by atoms with Gasteiger partial charge in [-0.1, -0.05) is 32.8 Å². The van der Waals surface area contributed by atoms with Crippen LogP contribution in [0.4, 0.5) is 0 Å². The van der Waals surface area contributed by atoms with Crippen LogP contribution < -0.4 is 5.32 Å². The van der Waals surface area contributed by atoms with Crippen molar-refractivity contribution in [1.82, 2.24) is 10.3 Å². The molecule has 7 nitrogen and oxygen atoms in total. The molecule has 2 heterocycles. The molecule has 0 amide bonds. The van der Waals surface area contributed by atoms with Crippen LogP contribution in [0.1, 0.15) is 87.1 Å². The number of thioether (sulfide) groups is 1. The Labute approximate surface area is 210 Å². The summed E-state index contributed by atoms with van der Waals surface area (Å²) in [4.78, 5) is 36.6. The Morgan fingerprint density at radius 3 is 2.21 bits per heavy atom. The molecule has 0 radical (unpaired) electrons. The highest BCUT2D eigenvalue weighted by Gasteiger charge is 2.17. The number of carbonyl (C=O) groups excluding carboxylic acids is 1. The minimum atomic E-state index is -1.82. The van der Waals surface area contributed by atoms with Crippen molar-refractivity contribution in [2.45, 2.75) is 76.8 Å². The lowest BCUT2D eigenvalue weighted by atomic mass is 10.1. The van der Waals surface area contributed by atoms with Gasteiger partial charge in [0.25, 0.3) is 0 Å². The predicted octanol–water partition coefficient (Wildman–Crippen LogP) is 5.69. The number of nitrogens with one attached hydrogen (secondary N) is 1. The van der Waals surface area contributed by atoms with Gasteiger partial charge in [0.15, 0.2) is 0 Å². The van der Waals surface area contributed by atoms with Crippen molar-refractivity contribution in [3.8, 4) is 0 Å². The number of carboxylic acids is 2. The fraction of sp³-hybridized carbons (Fsp3) is 0.520. The van der Waals surface area contributed by atoms with Crippen LogP contribution in [-0.4, -0.2) is 50.8 Å². The first-order chi connectivity index (χ1) is 15.9. The summed E-state index contributed by atoms with van der Waals surface area (Å²) in [7, 11) is 0. The maximum absolute atomic E-state index is 12.8. The lowest BCUT2D eigenvalue weighted by molar-refractivity contribution is -0.159. The van der Waals surface area contributed by atoms with Gasteiger partial charge in [0, 0.05) is 11.2 Å². The first-order valence-corrected chi connectivity index (χ1v) is 13.2. The average Bonchev–Trinajstić information content (AvgIpc) is 3.29. The molecule has 0 saturated carbocycles. The number of thiophene rings is 1. The van der Waals surface area contributed by atoms with E-state index in [9.17, 15) is 4.79 Å². The maximum atomic E-state index is 12.8. The third-order valence-corrected chi connectivity index (χ3v) is 6.56. The van der Waals surface area contributed by atoms with E-state index in [0.29, 0.717) is 5.92 Å². The molecule has 0 spiro atoms. The van der Waals surface area contributed by atoms with E-state index >= 15 is 0 Å². The largest absolute Gasteiger partial charge is 0.473 e. The van der Waals surface area contributed by atoms with E-state index in [1.165, 1.54) is 30.6 Å². The Bertz CT molecular complexity index is 910. The van der Waals surface area contributed by atoms with Gasteiger partial charge in [0.05, 0.1) is 10.4 Å². The van der Waals surface area contributed by atoms with Crippen LogP contribution in [-0.2, 0) is 9.59 Å². The fourth-order valence-electron chi connectivity index (χ4n) is 2.81. The standard InChI is InChI=1S/C23H34N2OS2.C2H2O4/c1-17(2)19-13-12-18(21(26)20-11-10-16-27-20)22(25-19)28-15-9-7-6-8-14-24-23(3,4)5;3-1(4)2(5)6/h10-13,16-17,24H,6-9,14-15H2,1-5H3;(H,3,4)(H,5,6). The van der Waals surface area contributed by atoms with Gasteiger partial charge < -0.3 is 15.5 Å². The van der Waals surface area contributed by atoms with Gasteiger partial charge in [-0.3, -0.25) is 4.79 Å². The topological polar surface area (TPSA) is 117 Å². The third-order valence-electron chi connectivity index (χ3n) is 4.61. The number of ketones is 1. The number of aromatic nitrogens is 1. The van der Waals surface area contributed by atoms with E-state index in [4.69, 9.17) is 24.8 Å². The van der Waals surface area contributed by atoms with Crippen LogP contribution in [0, 0.1) is 0 Å². The number of aliphatic carboxylic acids is 2. The van der Waals surface area contributed by atoms with E-state index in [1.807, 2.05) is 29.6 Å². The third kappa shape index (κ3) is 11.8. The summed E-state index contributed by atoms with van der Waals surface area (Å²) in [5.74, 6) is -2.19. The second kappa shape index (κ2) is 14.9. The van der Waals surface area contributed by atoms with Gasteiger partial charge in [-0.2, -0.15) is 0 Å². The van der Waals surface area contributed by atoms with Gasteiger partial charge >= 0.3 is 11.9 Å². The lowest BCUT2D eigenvalue weighted by Gasteiger charge is -2.20. The molecule has 0 unspecified atom stereocenters. The molecule has 9 heteroatoms. The van der Waals surface area contributed by atoms with Crippen LogP contribution in [0.2, 0.25) is 0 Å². The second-order valence-corrected chi connectivity index (χ2v) is 11.1. The van der Waals surface area contributed by atoms with Crippen LogP contribution in [0.15, 0.2) is 34.7 Å². The number of pyridine rings is 1. The molecule has 0 aliphatic carbocycles. The normalized spacial score (nSPS) is 11.1. The highest BCUT2D eigenvalue weighted by molar-refractivity contribution is 7.99. The average molecular weight is 509 g/mol. The molecule has 3 N–H and O–H groups in total. The lowest BCUT2D eigenvalue weighted by Crippen LogP contribution is -2.36. The number of carboxylic acid groups (broad SMARTS) is 2. The van der Waals surface area contributed by atoms with Gasteiger partial charge in [-0.15, -0.1) is 23.1 Å². The summed E-state index contributed by atoms with van der Waals surface area (Å²) in [5, 5.41) is 21.2. The van der Waals surface area contributed by atoms with Crippen LogP contribution in [0.25, 0.3) is 0 Å². The number of hydrogen-bond acceptors (Lipinski definition) is 7. The summed E-state index contributed by atoms with van der Waals surface area (Å²) in [5.41, 5.74) is 2.00. The highest BCUT2D eigenvalue weighted by Crippen LogP contribution is 2.28. The molecule has 34 heavy (non-hydrogen) atoms. The SMILES string of the molecule is CC(C)c1ccc(C(=O)c2cccs2)c(SCCCCCCNC(C)(C)C)n1.O=C(O)C(=O)O. The van der Waals surface area contributed by atoms with Gasteiger partial charge in [0.1, 0.15) is 5.03 Å². The van der Waals surface area contributed by atoms with E-state index in [-0.39, 0.29) is 11.3 Å². The van der Waals surface area contributed by atoms with Crippen LogP contribution >= 0.6 is 23.1 Å². The molecular formula is C25H36N2O5S2. The van der Waals surface area contributed by atoms with Crippen molar-refractivity contribution < 1.29 is 24.6 Å². The zero-order valence-corrected chi connectivity index (χ0v) is 22.2. The Balaban J connectivity index is 0.000000852. The Hall–Kier alpha value is -2.23. The van der Waals surface area contributed by atoms with E-state index in [2.05, 4.69) is 39.9 Å². The Morgan fingerprint density at radius 2 is 1.68 bits per heavy atom. The number of carbonyl (C=O) groups is 3. The molecule has 2 rings (SSSR count). The van der Waals surface area contributed by atoms with Crippen molar-refractivity contribution in [1.29, 1.82) is 0 Å². The molecule has 0 aliphatic rings. The van der Waals surface area contributed by atoms with Crippen molar-refractivity contribution in [2.75, 3.05) is 12.3 Å². The molecule has 188 valence electrons. The molecule has 2 aromatic rings. The van der Waals surface area contributed by atoms with Crippen LogP contribution in [0.3, 0.4) is 0 Å². The van der Waals surface area contributed by atoms with Crippen molar-refractivity contribution in [3.63, 3.8) is 0 Å². The number of unbranched alkanes of at least 4 members (excludes halogenated alkanes) is 3. The fourth-order valence-corrected chi connectivity index (χ4v) is 4.52. The van der Waals surface area contributed by atoms with E-state index in [1.54, 1.807) is 11.8 Å². The molecular weight excluding hydrogens is 472 g/mol. The molecule has 0 fully saturated rings. The zero-order chi connectivity index (χ0) is 25.7. The van der Waals surface area contributed by atoms with Gasteiger partial charge in [0.2, 0.25) is 5.78 Å². The minimum absolute atomic E-state index is 0.0913. The summed E-state index contributed by atoms with van der Waals surface area (Å²) in [6, 6.07) is 7.78. The molecule has 0 saturated heterocycles. The quantitative estimate of drug-likeness (QED) is 0.153. The minimum Gasteiger partial charge on any atom is -0.473 e. The Morgan fingerprint density at radius 1 is 1.03 bits per heavy atom. The molecule has 0 aromatic carbocycles. The number of rotatable bonds is 11. The van der Waals surface area contributed by atoms with Gasteiger partial charge in [-0.25, -0.2) is 14.6 Å². The summed E-state index contributed by atoms with van der Waals surface area (Å²) < 4.78 is 0. The van der Waals surface area contributed by atoms with Crippen LogP contribution in [0.5, 0.6) is 0 Å². The first-order valence-electron chi connectivity index (χ1n) is 11.4. The van der Waals surface area contributed by atoms with Crippen molar-refractivity contribution in [2.24, 2.45) is 0 Å². The number of nitrogens with zero attached hydrogens (tertiary/aromatic N) is 1. The number of hydrogen-bond donors (Lipinski definition) is 3. The highest BCUT2D eigenvalue weighted by atomic mass is 32.2. The Kier molecular flexibility index (Phi) is 13.1. The van der Waals surface area contributed by atoms with E-state index in [0.717, 1.165) is 39.9 Å². The predicted molar refractivity (Wildman–Crippen MR) is 138 cm³/mol. The molecule has 2 aromatic heterocycles. The molecule has 0 aliphatic heterocycles. The first kappa shape index (κ1) is 29.8. The monoisotopic (exact) mass is 508 g/mol. The van der Waals surface area contributed by atoms with Crippen molar-refractivity contribution >= 4 is 40.8 Å². The maximum Gasteiger partial charge on any atom is 0.414 e. The molecule has 0 atom stereocenters. The van der Waals surface area contributed by atoms with Gasteiger partial charge in [-0.05, 0) is 75.4 Å². The second-order valence-electron chi connectivity index (χ2n) is 9.10.